The highest BCUT2D eigenvalue weighted by molar-refractivity contribution is 7.09. The van der Waals surface area contributed by atoms with Crippen molar-refractivity contribution < 1.29 is 0 Å². The Morgan fingerprint density at radius 3 is 3.00 bits per heavy atom. The SMILES string of the molecule is CC1CCC(C(N)Cc2cccs2)C1. The minimum absolute atomic E-state index is 0.388. The van der Waals surface area contributed by atoms with Crippen LogP contribution in [0.15, 0.2) is 17.5 Å². The maximum atomic E-state index is 6.24. The minimum Gasteiger partial charge on any atom is -0.327 e. The highest BCUT2D eigenvalue weighted by Crippen LogP contribution is 2.33. The lowest BCUT2D eigenvalue weighted by molar-refractivity contribution is 0.417. The minimum atomic E-state index is 0.388. The number of nitrogens with two attached hydrogens (primary N) is 1. The summed E-state index contributed by atoms with van der Waals surface area (Å²) in [6, 6.07) is 4.70. The summed E-state index contributed by atoms with van der Waals surface area (Å²) >= 11 is 1.83. The van der Waals surface area contributed by atoms with E-state index in [1.54, 1.807) is 0 Å². The molecule has 0 amide bonds. The smallest absolute Gasteiger partial charge is 0.0116 e. The van der Waals surface area contributed by atoms with Gasteiger partial charge in [-0.25, -0.2) is 0 Å². The van der Waals surface area contributed by atoms with Gasteiger partial charge in [-0.2, -0.15) is 0 Å². The largest absolute Gasteiger partial charge is 0.327 e. The van der Waals surface area contributed by atoms with E-state index in [0.717, 1.165) is 18.3 Å². The normalized spacial score (nSPS) is 29.3. The van der Waals surface area contributed by atoms with Crippen molar-refractivity contribution in [1.29, 1.82) is 0 Å². The number of thiophene rings is 1. The molecule has 3 unspecified atom stereocenters. The van der Waals surface area contributed by atoms with Gasteiger partial charge >= 0.3 is 0 Å². The summed E-state index contributed by atoms with van der Waals surface area (Å²) in [4.78, 5) is 1.44. The van der Waals surface area contributed by atoms with Gasteiger partial charge in [-0.1, -0.05) is 19.4 Å². The third kappa shape index (κ3) is 2.37. The molecule has 2 rings (SSSR count). The molecule has 1 aromatic heterocycles. The van der Waals surface area contributed by atoms with Gasteiger partial charge in [0.05, 0.1) is 0 Å². The van der Waals surface area contributed by atoms with Gasteiger partial charge in [0.1, 0.15) is 0 Å². The van der Waals surface area contributed by atoms with Crippen LogP contribution in [0.2, 0.25) is 0 Å². The van der Waals surface area contributed by atoms with Crippen LogP contribution < -0.4 is 5.73 Å². The third-order valence-corrected chi connectivity index (χ3v) is 4.26. The zero-order chi connectivity index (χ0) is 9.97. The molecular formula is C12H19NS. The Balaban J connectivity index is 1.87. The fourth-order valence-electron chi connectivity index (χ4n) is 2.47. The van der Waals surface area contributed by atoms with E-state index in [1.165, 1.54) is 24.1 Å². The van der Waals surface area contributed by atoms with Crippen molar-refractivity contribution >= 4 is 11.3 Å². The first-order valence-corrected chi connectivity index (χ1v) is 6.41. The molecule has 1 aliphatic carbocycles. The molecule has 1 aromatic rings. The van der Waals surface area contributed by atoms with E-state index >= 15 is 0 Å². The first kappa shape index (κ1) is 10.2. The molecule has 1 aliphatic rings. The second-order valence-electron chi connectivity index (χ2n) is 4.63. The van der Waals surface area contributed by atoms with Crippen LogP contribution in [0.4, 0.5) is 0 Å². The number of hydrogen-bond acceptors (Lipinski definition) is 2. The van der Waals surface area contributed by atoms with E-state index in [1.807, 2.05) is 11.3 Å². The third-order valence-electron chi connectivity index (χ3n) is 3.36. The lowest BCUT2D eigenvalue weighted by atomic mass is 9.95. The maximum absolute atomic E-state index is 6.24. The first-order chi connectivity index (χ1) is 6.75. The first-order valence-electron chi connectivity index (χ1n) is 5.53. The Bertz CT molecular complexity index is 268. The molecule has 2 heteroatoms. The van der Waals surface area contributed by atoms with Crippen LogP contribution in [0, 0.1) is 11.8 Å². The molecule has 1 saturated carbocycles. The summed E-state index contributed by atoms with van der Waals surface area (Å²) in [6.45, 7) is 2.35. The van der Waals surface area contributed by atoms with Crippen molar-refractivity contribution in [3.05, 3.63) is 22.4 Å². The van der Waals surface area contributed by atoms with Crippen LogP contribution in [0.5, 0.6) is 0 Å². The standard InChI is InChI=1S/C12H19NS/c1-9-4-5-10(7-9)12(13)8-11-3-2-6-14-11/h2-3,6,9-10,12H,4-5,7-8,13H2,1H3. The molecule has 14 heavy (non-hydrogen) atoms. The van der Waals surface area contributed by atoms with Gasteiger partial charge < -0.3 is 5.73 Å². The maximum Gasteiger partial charge on any atom is 0.0116 e. The van der Waals surface area contributed by atoms with Crippen LogP contribution in [0.1, 0.15) is 31.1 Å². The van der Waals surface area contributed by atoms with Crippen molar-refractivity contribution in [2.75, 3.05) is 0 Å². The molecule has 1 fully saturated rings. The van der Waals surface area contributed by atoms with Crippen LogP contribution in [0.25, 0.3) is 0 Å². The van der Waals surface area contributed by atoms with Gasteiger partial charge in [0.15, 0.2) is 0 Å². The zero-order valence-electron chi connectivity index (χ0n) is 8.78. The summed E-state index contributed by atoms with van der Waals surface area (Å²) < 4.78 is 0. The van der Waals surface area contributed by atoms with Gasteiger partial charge in [-0.15, -0.1) is 11.3 Å². The monoisotopic (exact) mass is 209 g/mol. The predicted molar refractivity (Wildman–Crippen MR) is 62.5 cm³/mol. The Hall–Kier alpha value is -0.340. The van der Waals surface area contributed by atoms with E-state index < -0.39 is 0 Å². The van der Waals surface area contributed by atoms with Gasteiger partial charge in [0.25, 0.3) is 0 Å². The van der Waals surface area contributed by atoms with E-state index in [-0.39, 0.29) is 0 Å². The molecule has 0 bridgehead atoms. The van der Waals surface area contributed by atoms with E-state index in [0.29, 0.717) is 6.04 Å². The van der Waals surface area contributed by atoms with Crippen molar-refractivity contribution in [3.63, 3.8) is 0 Å². The van der Waals surface area contributed by atoms with E-state index in [2.05, 4.69) is 24.4 Å². The Kier molecular flexibility index (Phi) is 3.24. The summed E-state index contributed by atoms with van der Waals surface area (Å²) in [5.41, 5.74) is 6.24. The second kappa shape index (κ2) is 4.45. The highest BCUT2D eigenvalue weighted by Gasteiger charge is 2.26. The summed E-state index contributed by atoms with van der Waals surface area (Å²) in [5, 5.41) is 2.14. The summed E-state index contributed by atoms with van der Waals surface area (Å²) in [7, 11) is 0. The predicted octanol–water partition coefficient (Wildman–Crippen LogP) is 3.05. The molecule has 0 aromatic carbocycles. The van der Waals surface area contributed by atoms with Crippen molar-refractivity contribution in [3.8, 4) is 0 Å². The Morgan fingerprint density at radius 1 is 1.57 bits per heavy atom. The quantitative estimate of drug-likeness (QED) is 0.813. The molecule has 3 atom stereocenters. The number of hydrogen-bond donors (Lipinski definition) is 1. The fraction of sp³-hybridized carbons (Fsp3) is 0.667. The van der Waals surface area contributed by atoms with Gasteiger partial charge in [0.2, 0.25) is 0 Å². The summed E-state index contributed by atoms with van der Waals surface area (Å²) in [6.07, 6.45) is 5.14. The van der Waals surface area contributed by atoms with Crippen LogP contribution >= 0.6 is 11.3 Å². The van der Waals surface area contributed by atoms with Gasteiger partial charge in [-0.3, -0.25) is 0 Å². The molecule has 2 N–H and O–H groups in total. The molecule has 78 valence electrons. The Labute approximate surface area is 90.3 Å². The van der Waals surface area contributed by atoms with Crippen molar-refractivity contribution in [2.24, 2.45) is 17.6 Å². The number of rotatable bonds is 3. The van der Waals surface area contributed by atoms with Crippen molar-refractivity contribution in [1.82, 2.24) is 0 Å². The van der Waals surface area contributed by atoms with E-state index in [4.69, 9.17) is 5.73 Å². The fourth-order valence-corrected chi connectivity index (χ4v) is 3.25. The second-order valence-corrected chi connectivity index (χ2v) is 5.66. The van der Waals surface area contributed by atoms with E-state index in [9.17, 15) is 0 Å². The molecule has 1 nitrogen and oxygen atoms in total. The lowest BCUT2D eigenvalue weighted by Crippen LogP contribution is -2.30. The molecule has 1 heterocycles. The molecular weight excluding hydrogens is 190 g/mol. The van der Waals surface area contributed by atoms with Crippen LogP contribution in [-0.2, 0) is 6.42 Å². The van der Waals surface area contributed by atoms with Gasteiger partial charge in [-0.05, 0) is 42.5 Å². The average molecular weight is 209 g/mol. The Morgan fingerprint density at radius 2 is 2.43 bits per heavy atom. The molecule has 0 spiro atoms. The lowest BCUT2D eigenvalue weighted by Gasteiger charge is -2.18. The summed E-state index contributed by atoms with van der Waals surface area (Å²) in [5.74, 6) is 1.67. The zero-order valence-corrected chi connectivity index (χ0v) is 9.59. The molecule has 0 aliphatic heterocycles. The van der Waals surface area contributed by atoms with Crippen LogP contribution in [-0.4, -0.2) is 6.04 Å². The van der Waals surface area contributed by atoms with Crippen LogP contribution in [0.3, 0.4) is 0 Å². The van der Waals surface area contributed by atoms with Crippen molar-refractivity contribution in [2.45, 2.75) is 38.6 Å². The molecule has 0 radical (unpaired) electrons. The van der Waals surface area contributed by atoms with Gasteiger partial charge in [0, 0.05) is 10.9 Å². The molecule has 0 saturated heterocycles. The average Bonchev–Trinajstić information content (AvgIpc) is 2.75. The topological polar surface area (TPSA) is 26.0 Å². The highest BCUT2D eigenvalue weighted by atomic mass is 32.1.